The van der Waals surface area contributed by atoms with Crippen LogP contribution in [-0.2, 0) is 14.4 Å². The van der Waals surface area contributed by atoms with Gasteiger partial charge in [0.1, 0.15) is 0 Å². The number of ether oxygens (including phenoxy) is 1. The minimum Gasteiger partial charge on any atom is -0.421 e. The number of rotatable bonds is 6. The molecule has 0 fully saturated rings. The third kappa shape index (κ3) is 4.41. The number of anilines is 1. The first kappa shape index (κ1) is 17.4. The van der Waals surface area contributed by atoms with E-state index >= 15 is 0 Å². The zero-order chi connectivity index (χ0) is 16.9. The minimum atomic E-state index is -0.556. The van der Waals surface area contributed by atoms with Crippen molar-refractivity contribution in [2.45, 2.75) is 13.8 Å². The molecule has 0 spiro atoms. The van der Waals surface area contributed by atoms with Gasteiger partial charge in [-0.15, -0.1) is 0 Å². The SMILES string of the molecule is C=CC(=O)Oc1ccc(C=C(C(C)=O)C(C)=O)cc1N(C)C. The van der Waals surface area contributed by atoms with Crippen molar-refractivity contribution in [3.8, 4) is 5.75 Å². The van der Waals surface area contributed by atoms with E-state index in [1.807, 2.05) is 0 Å². The molecule has 116 valence electrons. The van der Waals surface area contributed by atoms with Gasteiger partial charge in [0.25, 0.3) is 0 Å². The topological polar surface area (TPSA) is 63.7 Å². The van der Waals surface area contributed by atoms with E-state index in [0.717, 1.165) is 6.08 Å². The zero-order valence-electron chi connectivity index (χ0n) is 13.2. The summed E-state index contributed by atoms with van der Waals surface area (Å²) < 4.78 is 5.16. The molecule has 22 heavy (non-hydrogen) atoms. The van der Waals surface area contributed by atoms with Crippen LogP contribution in [0, 0.1) is 0 Å². The van der Waals surface area contributed by atoms with Gasteiger partial charge in [-0.2, -0.15) is 0 Å². The zero-order valence-corrected chi connectivity index (χ0v) is 13.2. The van der Waals surface area contributed by atoms with E-state index in [2.05, 4.69) is 6.58 Å². The summed E-state index contributed by atoms with van der Waals surface area (Å²) in [5.41, 5.74) is 1.44. The van der Waals surface area contributed by atoms with E-state index in [4.69, 9.17) is 4.74 Å². The number of hydrogen-bond donors (Lipinski definition) is 0. The summed E-state index contributed by atoms with van der Waals surface area (Å²) in [7, 11) is 3.59. The van der Waals surface area contributed by atoms with Crippen LogP contribution in [0.4, 0.5) is 5.69 Å². The Morgan fingerprint density at radius 1 is 1.14 bits per heavy atom. The molecule has 0 aromatic heterocycles. The fraction of sp³-hybridized carbons (Fsp3) is 0.235. The molecule has 0 aliphatic carbocycles. The maximum absolute atomic E-state index is 11.5. The molecule has 0 aliphatic rings. The normalized spacial score (nSPS) is 9.64. The van der Waals surface area contributed by atoms with E-state index in [0.29, 0.717) is 17.0 Å². The first-order valence-corrected chi connectivity index (χ1v) is 6.65. The molecular formula is C17H19NO4. The van der Waals surface area contributed by atoms with Gasteiger partial charge in [-0.3, -0.25) is 9.59 Å². The van der Waals surface area contributed by atoms with Crippen LogP contribution < -0.4 is 9.64 Å². The number of carbonyl (C=O) groups is 3. The van der Waals surface area contributed by atoms with Gasteiger partial charge in [-0.25, -0.2) is 4.79 Å². The molecule has 0 amide bonds. The van der Waals surface area contributed by atoms with Crippen LogP contribution in [0.5, 0.6) is 5.75 Å². The molecule has 0 saturated heterocycles. The van der Waals surface area contributed by atoms with Crippen LogP contribution in [0.1, 0.15) is 19.4 Å². The van der Waals surface area contributed by atoms with Gasteiger partial charge in [0.15, 0.2) is 17.3 Å². The highest BCUT2D eigenvalue weighted by atomic mass is 16.5. The van der Waals surface area contributed by atoms with Crippen LogP contribution in [0.15, 0.2) is 36.4 Å². The highest BCUT2D eigenvalue weighted by Gasteiger charge is 2.12. The summed E-state index contributed by atoms with van der Waals surface area (Å²) in [5.74, 6) is -0.763. The van der Waals surface area contributed by atoms with Gasteiger partial charge < -0.3 is 9.64 Å². The predicted octanol–water partition coefficient (Wildman–Crippen LogP) is 2.41. The molecule has 0 bridgehead atoms. The van der Waals surface area contributed by atoms with E-state index in [1.165, 1.54) is 19.9 Å². The highest BCUT2D eigenvalue weighted by molar-refractivity contribution is 6.21. The number of esters is 1. The molecule has 0 aliphatic heterocycles. The van der Waals surface area contributed by atoms with E-state index in [1.54, 1.807) is 37.2 Å². The lowest BCUT2D eigenvalue weighted by Crippen LogP contribution is -2.13. The molecule has 1 aromatic carbocycles. The number of allylic oxidation sites excluding steroid dienone is 1. The molecular weight excluding hydrogens is 282 g/mol. The van der Waals surface area contributed by atoms with Gasteiger partial charge in [0, 0.05) is 20.2 Å². The monoisotopic (exact) mass is 301 g/mol. The van der Waals surface area contributed by atoms with Crippen molar-refractivity contribution >= 4 is 29.3 Å². The summed E-state index contributed by atoms with van der Waals surface area (Å²) in [6.45, 7) is 6.05. The second kappa shape index (κ2) is 7.36. The number of Topliss-reactive ketones (excluding diaryl/α,β-unsaturated/α-hetero) is 2. The lowest BCUT2D eigenvalue weighted by Gasteiger charge is -2.17. The number of hydrogen-bond acceptors (Lipinski definition) is 5. The minimum absolute atomic E-state index is 0.126. The summed E-state index contributed by atoms with van der Waals surface area (Å²) >= 11 is 0. The van der Waals surface area contributed by atoms with Crippen molar-refractivity contribution in [1.82, 2.24) is 0 Å². The van der Waals surface area contributed by atoms with E-state index in [-0.39, 0.29) is 17.1 Å². The number of nitrogens with zero attached hydrogens (tertiary/aromatic N) is 1. The summed E-state index contributed by atoms with van der Waals surface area (Å²) in [5, 5.41) is 0. The first-order valence-electron chi connectivity index (χ1n) is 6.65. The van der Waals surface area contributed by atoms with E-state index in [9.17, 15) is 14.4 Å². The smallest absolute Gasteiger partial charge is 0.335 e. The Bertz CT molecular complexity index is 641. The van der Waals surface area contributed by atoms with Crippen molar-refractivity contribution in [2.75, 3.05) is 19.0 Å². The fourth-order valence-electron chi connectivity index (χ4n) is 1.83. The average Bonchev–Trinajstić information content (AvgIpc) is 2.44. The molecule has 5 heteroatoms. The standard InChI is InChI=1S/C17H19NO4/c1-6-17(21)22-16-8-7-13(10-15(16)18(4)5)9-14(11(2)19)12(3)20/h6-10H,1H2,2-5H3. The maximum atomic E-state index is 11.5. The summed E-state index contributed by atoms with van der Waals surface area (Å²) in [6.07, 6.45) is 2.60. The molecule has 0 radical (unpaired) electrons. The molecule has 0 atom stereocenters. The van der Waals surface area contributed by atoms with Crippen molar-refractivity contribution in [3.05, 3.63) is 42.0 Å². The molecule has 0 heterocycles. The Labute approximate surface area is 129 Å². The van der Waals surface area contributed by atoms with Crippen LogP contribution >= 0.6 is 0 Å². The van der Waals surface area contributed by atoms with Crippen molar-refractivity contribution < 1.29 is 19.1 Å². The molecule has 0 saturated carbocycles. The van der Waals surface area contributed by atoms with Gasteiger partial charge in [-0.05, 0) is 37.6 Å². The van der Waals surface area contributed by atoms with Gasteiger partial charge in [-0.1, -0.05) is 12.6 Å². The fourth-order valence-corrected chi connectivity index (χ4v) is 1.83. The van der Waals surface area contributed by atoms with Crippen LogP contribution in [0.25, 0.3) is 6.08 Å². The lowest BCUT2D eigenvalue weighted by molar-refractivity contribution is -0.129. The maximum Gasteiger partial charge on any atom is 0.335 e. The first-order chi connectivity index (χ1) is 10.3. The van der Waals surface area contributed by atoms with Crippen molar-refractivity contribution in [3.63, 3.8) is 0 Å². The summed E-state index contributed by atoms with van der Waals surface area (Å²) in [6, 6.07) is 5.02. The van der Waals surface area contributed by atoms with Gasteiger partial charge in [0.05, 0.1) is 11.3 Å². The largest absolute Gasteiger partial charge is 0.421 e. The molecule has 1 rings (SSSR count). The van der Waals surface area contributed by atoms with Crippen LogP contribution in [-0.4, -0.2) is 31.6 Å². The summed E-state index contributed by atoms with van der Waals surface area (Å²) in [4.78, 5) is 36.1. The lowest BCUT2D eigenvalue weighted by atomic mass is 10.0. The van der Waals surface area contributed by atoms with Gasteiger partial charge in [0.2, 0.25) is 0 Å². The Balaban J connectivity index is 3.31. The number of ketones is 2. The quantitative estimate of drug-likeness (QED) is 0.265. The Hall–Kier alpha value is -2.69. The number of benzene rings is 1. The third-order valence-electron chi connectivity index (χ3n) is 2.91. The highest BCUT2D eigenvalue weighted by Crippen LogP contribution is 2.29. The predicted molar refractivity (Wildman–Crippen MR) is 85.9 cm³/mol. The number of carbonyl (C=O) groups excluding carboxylic acids is 3. The van der Waals surface area contributed by atoms with E-state index < -0.39 is 5.97 Å². The van der Waals surface area contributed by atoms with Crippen LogP contribution in [0.2, 0.25) is 0 Å². The molecule has 5 nitrogen and oxygen atoms in total. The molecule has 1 aromatic rings. The Kier molecular flexibility index (Phi) is 5.81. The van der Waals surface area contributed by atoms with Crippen LogP contribution in [0.3, 0.4) is 0 Å². The molecule has 0 N–H and O–H groups in total. The third-order valence-corrected chi connectivity index (χ3v) is 2.91. The second-order valence-corrected chi connectivity index (χ2v) is 4.92. The second-order valence-electron chi connectivity index (χ2n) is 4.92. The van der Waals surface area contributed by atoms with Gasteiger partial charge >= 0.3 is 5.97 Å². The Morgan fingerprint density at radius 3 is 2.18 bits per heavy atom. The molecule has 0 unspecified atom stereocenters. The average molecular weight is 301 g/mol. The Morgan fingerprint density at radius 2 is 1.73 bits per heavy atom. The van der Waals surface area contributed by atoms with Crippen molar-refractivity contribution in [2.24, 2.45) is 0 Å². The van der Waals surface area contributed by atoms with Crippen molar-refractivity contribution in [1.29, 1.82) is 0 Å².